The lowest BCUT2D eigenvalue weighted by Gasteiger charge is -2.39. The van der Waals surface area contributed by atoms with Crippen molar-refractivity contribution in [2.45, 2.75) is 37.6 Å². The van der Waals surface area contributed by atoms with Crippen LogP contribution in [0.2, 0.25) is 0 Å². The summed E-state index contributed by atoms with van der Waals surface area (Å²) in [5.41, 5.74) is 14.5. The molecule has 12 heteroatoms. The second-order valence-electron chi connectivity index (χ2n) is 10.8. The molecule has 2 atom stereocenters. The number of nitrogen functional groups attached to an aromatic ring is 2. The smallest absolute Gasteiger partial charge is 0.406 e. The number of alkyl halides is 3. The first-order valence-corrected chi connectivity index (χ1v) is 13.7. The molecule has 3 heterocycles. The second-order valence-corrected chi connectivity index (χ2v) is 10.8. The van der Waals surface area contributed by atoms with Gasteiger partial charge in [-0.15, -0.1) is 13.2 Å². The minimum Gasteiger partial charge on any atom is -0.406 e. The number of fused-ring (bicyclic) bond motifs is 2. The van der Waals surface area contributed by atoms with E-state index < -0.39 is 41.4 Å². The van der Waals surface area contributed by atoms with Gasteiger partial charge in [0, 0.05) is 46.4 Å². The van der Waals surface area contributed by atoms with E-state index in [0.29, 0.717) is 33.2 Å². The van der Waals surface area contributed by atoms with Crippen molar-refractivity contribution in [2.75, 3.05) is 16.4 Å². The number of hydrogen-bond donors (Lipinski definition) is 3. The Morgan fingerprint density at radius 1 is 0.795 bits per heavy atom. The standard InChI is InChI=1S/C32H27F3N6O3/c1-17(23-11-13-38-27-9-3-19(36)15-25(23)27)31(18(2)24-12-14-39-28-10-4-20(37)16-26(24)28)29(42)41(30(43)40-31)21-5-7-22(8-6-21)44-32(33,34)35/h3-18H,36-37H2,1-2H3,(H,40,43). The molecule has 1 aliphatic rings. The van der Waals surface area contributed by atoms with Crippen molar-refractivity contribution in [3.05, 3.63) is 96.3 Å². The number of pyridine rings is 2. The molecule has 0 aliphatic carbocycles. The third-order valence-electron chi connectivity index (χ3n) is 8.30. The van der Waals surface area contributed by atoms with Crippen molar-refractivity contribution >= 4 is 50.8 Å². The van der Waals surface area contributed by atoms with Crippen LogP contribution in [0, 0.1) is 0 Å². The van der Waals surface area contributed by atoms with Crippen molar-refractivity contribution in [3.8, 4) is 5.75 Å². The van der Waals surface area contributed by atoms with Crippen LogP contribution in [0.15, 0.2) is 85.2 Å². The van der Waals surface area contributed by atoms with Crippen LogP contribution in [0.4, 0.5) is 35.0 Å². The van der Waals surface area contributed by atoms with Crippen LogP contribution in [0.5, 0.6) is 5.75 Å². The number of aromatic nitrogens is 2. The molecule has 6 rings (SSSR count). The minimum atomic E-state index is -4.89. The number of imide groups is 1. The maximum atomic E-state index is 14.7. The van der Waals surface area contributed by atoms with Crippen LogP contribution in [0.3, 0.4) is 0 Å². The van der Waals surface area contributed by atoms with Gasteiger partial charge in [-0.2, -0.15) is 0 Å². The number of carbonyl (C=O) groups excluding carboxylic acids is 2. The zero-order valence-electron chi connectivity index (χ0n) is 23.6. The monoisotopic (exact) mass is 600 g/mol. The van der Waals surface area contributed by atoms with Crippen molar-refractivity contribution in [3.63, 3.8) is 0 Å². The molecule has 0 bridgehead atoms. The molecule has 5 N–H and O–H groups in total. The van der Waals surface area contributed by atoms with Gasteiger partial charge in [-0.25, -0.2) is 9.69 Å². The van der Waals surface area contributed by atoms with Crippen LogP contribution in [0.25, 0.3) is 21.8 Å². The first-order valence-electron chi connectivity index (χ1n) is 13.7. The molecule has 5 aromatic rings. The number of benzene rings is 3. The van der Waals surface area contributed by atoms with Gasteiger partial charge in [0.05, 0.1) is 16.7 Å². The summed E-state index contributed by atoms with van der Waals surface area (Å²) in [6.45, 7) is 3.68. The lowest BCUT2D eigenvalue weighted by atomic mass is 9.68. The third kappa shape index (κ3) is 4.77. The van der Waals surface area contributed by atoms with Crippen LogP contribution >= 0.6 is 0 Å². The van der Waals surface area contributed by atoms with Crippen molar-refractivity contribution < 1.29 is 27.5 Å². The summed E-state index contributed by atoms with van der Waals surface area (Å²) in [5.74, 6) is -2.37. The second kappa shape index (κ2) is 10.4. The Bertz CT molecular complexity index is 1840. The molecule has 3 amide bonds. The zero-order valence-corrected chi connectivity index (χ0v) is 23.6. The van der Waals surface area contributed by atoms with Gasteiger partial charge in [-0.1, -0.05) is 13.8 Å². The molecule has 0 saturated carbocycles. The van der Waals surface area contributed by atoms with Gasteiger partial charge in [0.15, 0.2) is 0 Å². The molecule has 224 valence electrons. The highest BCUT2D eigenvalue weighted by molar-refractivity contribution is 6.24. The van der Waals surface area contributed by atoms with Crippen molar-refractivity contribution in [1.29, 1.82) is 0 Å². The minimum absolute atomic E-state index is 0.0796. The van der Waals surface area contributed by atoms with E-state index >= 15 is 0 Å². The Morgan fingerprint density at radius 2 is 1.30 bits per heavy atom. The number of anilines is 3. The lowest BCUT2D eigenvalue weighted by Crippen LogP contribution is -2.55. The lowest BCUT2D eigenvalue weighted by molar-refractivity contribution is -0.274. The number of amides is 3. The summed E-state index contributed by atoms with van der Waals surface area (Å²) in [5, 5.41) is 4.42. The van der Waals surface area contributed by atoms with Crippen LogP contribution in [-0.4, -0.2) is 33.8 Å². The Labute approximate surface area is 249 Å². The van der Waals surface area contributed by atoms with E-state index in [-0.39, 0.29) is 5.69 Å². The van der Waals surface area contributed by atoms with E-state index in [1.807, 2.05) is 13.8 Å². The van der Waals surface area contributed by atoms with Gasteiger partial charge in [-0.05, 0) is 83.9 Å². The average Bonchev–Trinajstić information content (AvgIpc) is 3.25. The fourth-order valence-electron chi connectivity index (χ4n) is 6.17. The van der Waals surface area contributed by atoms with Crippen molar-refractivity contribution in [1.82, 2.24) is 15.3 Å². The maximum absolute atomic E-state index is 14.7. The van der Waals surface area contributed by atoms with E-state index in [1.54, 1.807) is 60.9 Å². The molecule has 2 aromatic heterocycles. The largest absolute Gasteiger partial charge is 0.573 e. The van der Waals surface area contributed by atoms with Gasteiger partial charge >= 0.3 is 12.4 Å². The first kappa shape index (κ1) is 28.7. The Hall–Kier alpha value is -5.39. The summed E-state index contributed by atoms with van der Waals surface area (Å²) in [6, 6.07) is 18.0. The molecule has 0 spiro atoms. The Kier molecular flexibility index (Phi) is 6.79. The summed E-state index contributed by atoms with van der Waals surface area (Å²) >= 11 is 0. The van der Waals surface area contributed by atoms with E-state index in [2.05, 4.69) is 20.0 Å². The topological polar surface area (TPSA) is 136 Å². The number of halogens is 3. The van der Waals surface area contributed by atoms with E-state index in [0.717, 1.165) is 28.2 Å². The van der Waals surface area contributed by atoms with Crippen LogP contribution < -0.4 is 26.4 Å². The van der Waals surface area contributed by atoms with Crippen LogP contribution in [-0.2, 0) is 4.79 Å². The predicted octanol–water partition coefficient (Wildman–Crippen LogP) is 6.25. The molecular weight excluding hydrogens is 573 g/mol. The van der Waals surface area contributed by atoms with Crippen LogP contribution in [0.1, 0.15) is 36.8 Å². The predicted molar refractivity (Wildman–Crippen MR) is 161 cm³/mol. The van der Waals surface area contributed by atoms with E-state index in [9.17, 15) is 22.8 Å². The van der Waals surface area contributed by atoms with Gasteiger partial charge in [0.25, 0.3) is 5.91 Å². The maximum Gasteiger partial charge on any atom is 0.573 e. The number of ether oxygens (including phenoxy) is 1. The highest BCUT2D eigenvalue weighted by Crippen LogP contribution is 2.47. The number of nitrogens with two attached hydrogens (primary N) is 2. The zero-order chi connectivity index (χ0) is 31.4. The van der Waals surface area contributed by atoms with E-state index in [4.69, 9.17) is 11.5 Å². The summed E-state index contributed by atoms with van der Waals surface area (Å²) < 4.78 is 42.3. The number of urea groups is 1. The number of hydrogen-bond acceptors (Lipinski definition) is 7. The molecular formula is C32H27F3N6O3. The fraction of sp³-hybridized carbons (Fsp3) is 0.188. The molecule has 2 unspecified atom stereocenters. The van der Waals surface area contributed by atoms with Gasteiger partial charge in [-0.3, -0.25) is 14.8 Å². The molecule has 9 nitrogen and oxygen atoms in total. The SMILES string of the molecule is CC(c1ccnc2ccc(N)cc12)C1(C(C)c2ccnc3ccc(N)cc23)NC(=O)N(c2ccc(OC(F)(F)F)cc2)C1=O. The Balaban J connectivity index is 1.53. The Morgan fingerprint density at radius 3 is 1.77 bits per heavy atom. The number of carbonyl (C=O) groups is 2. The van der Waals surface area contributed by atoms with Gasteiger partial charge in [0.1, 0.15) is 11.3 Å². The number of nitrogens with zero attached hydrogens (tertiary/aromatic N) is 3. The average molecular weight is 601 g/mol. The summed E-state index contributed by atoms with van der Waals surface area (Å²) in [6.07, 6.45) is -1.64. The van der Waals surface area contributed by atoms with Gasteiger partial charge in [0.2, 0.25) is 0 Å². The summed E-state index contributed by atoms with van der Waals surface area (Å²) in [4.78, 5) is 38.3. The number of nitrogens with one attached hydrogen (secondary N) is 1. The van der Waals surface area contributed by atoms with E-state index in [1.165, 1.54) is 12.1 Å². The summed E-state index contributed by atoms with van der Waals surface area (Å²) in [7, 11) is 0. The van der Waals surface area contributed by atoms with Gasteiger partial charge < -0.3 is 21.5 Å². The highest BCUT2D eigenvalue weighted by Gasteiger charge is 2.59. The third-order valence-corrected chi connectivity index (χ3v) is 8.30. The molecule has 44 heavy (non-hydrogen) atoms. The quantitative estimate of drug-likeness (QED) is 0.155. The molecule has 1 saturated heterocycles. The van der Waals surface area contributed by atoms with Crippen molar-refractivity contribution in [2.24, 2.45) is 0 Å². The highest BCUT2D eigenvalue weighted by atomic mass is 19.4. The molecule has 3 aromatic carbocycles. The normalized spacial score (nSPS) is 18.4. The fourth-order valence-corrected chi connectivity index (χ4v) is 6.17. The first-order chi connectivity index (χ1) is 20.9. The number of rotatable bonds is 6. The molecule has 1 aliphatic heterocycles. The molecule has 0 radical (unpaired) electrons. The molecule has 1 fully saturated rings.